The Morgan fingerprint density at radius 3 is 2.61 bits per heavy atom. The lowest BCUT2D eigenvalue weighted by Gasteiger charge is -2.37. The second-order valence-corrected chi connectivity index (χ2v) is 6.28. The lowest BCUT2D eigenvalue weighted by Crippen LogP contribution is -2.46. The van der Waals surface area contributed by atoms with Crippen LogP contribution >= 0.6 is 0 Å². The van der Waals surface area contributed by atoms with Gasteiger partial charge in [0, 0.05) is 11.8 Å². The third-order valence-corrected chi connectivity index (χ3v) is 4.24. The van der Waals surface area contributed by atoms with Crippen LogP contribution in [-0.2, 0) is 4.74 Å². The topological polar surface area (TPSA) is 53.0 Å². The van der Waals surface area contributed by atoms with E-state index in [0.717, 1.165) is 5.57 Å². The first-order chi connectivity index (χ1) is 8.26. The predicted molar refractivity (Wildman–Crippen MR) is 69.9 cm³/mol. The third kappa shape index (κ3) is 1.89. The Morgan fingerprint density at radius 2 is 2.06 bits per heavy atom. The van der Waals surface area contributed by atoms with E-state index >= 15 is 0 Å². The average molecular weight is 250 g/mol. The van der Waals surface area contributed by atoms with Gasteiger partial charge in [0.2, 0.25) is 0 Å². The van der Waals surface area contributed by atoms with Gasteiger partial charge in [0.15, 0.2) is 5.60 Å². The summed E-state index contributed by atoms with van der Waals surface area (Å²) in [4.78, 5) is 0. The van der Waals surface area contributed by atoms with E-state index < -0.39 is 5.60 Å². The molecular formula is C15H22O3. The van der Waals surface area contributed by atoms with E-state index in [1.807, 2.05) is 13.8 Å². The normalized spacial score (nSPS) is 41.7. The molecule has 1 saturated heterocycles. The molecule has 1 saturated carbocycles. The van der Waals surface area contributed by atoms with Crippen LogP contribution in [0.2, 0.25) is 0 Å². The number of rotatable bonds is 1. The van der Waals surface area contributed by atoms with Gasteiger partial charge in [-0.05, 0) is 31.9 Å². The van der Waals surface area contributed by atoms with E-state index in [-0.39, 0.29) is 23.7 Å². The van der Waals surface area contributed by atoms with Gasteiger partial charge >= 0.3 is 0 Å². The minimum atomic E-state index is -0.455. The summed E-state index contributed by atoms with van der Waals surface area (Å²) in [7, 11) is 0. The summed E-state index contributed by atoms with van der Waals surface area (Å²) >= 11 is 0. The Bertz CT molecular complexity index is 440. The Labute approximate surface area is 109 Å². The molecule has 0 aromatic heterocycles. The van der Waals surface area contributed by atoms with Gasteiger partial charge < -0.3 is 14.9 Å². The zero-order chi connectivity index (χ0) is 13.6. The molecule has 1 aliphatic carbocycles. The molecule has 3 atom stereocenters. The minimum absolute atomic E-state index is 0.00768. The molecule has 0 spiro atoms. The van der Waals surface area contributed by atoms with E-state index in [4.69, 9.17) is 9.84 Å². The molecule has 0 bridgehead atoms. The molecular weight excluding hydrogens is 228 g/mol. The first kappa shape index (κ1) is 13.6. The lowest BCUT2D eigenvalue weighted by atomic mass is 9.63. The van der Waals surface area contributed by atoms with E-state index in [9.17, 15) is 5.11 Å². The molecule has 2 fully saturated rings. The van der Waals surface area contributed by atoms with Gasteiger partial charge in [0.05, 0.1) is 12.7 Å². The van der Waals surface area contributed by atoms with Crippen LogP contribution < -0.4 is 0 Å². The maximum atomic E-state index is 9.91. The Morgan fingerprint density at radius 1 is 1.39 bits per heavy atom. The van der Waals surface area contributed by atoms with Gasteiger partial charge in [0.1, 0.15) is 5.60 Å². The number of hydrogen-bond acceptors (Lipinski definition) is 3. The van der Waals surface area contributed by atoms with E-state index in [1.54, 1.807) is 6.08 Å². The molecule has 3 nitrogen and oxygen atoms in total. The van der Waals surface area contributed by atoms with Gasteiger partial charge in [-0.1, -0.05) is 25.7 Å². The highest BCUT2D eigenvalue weighted by atomic mass is 16.6. The van der Waals surface area contributed by atoms with Crippen molar-refractivity contribution < 1.29 is 14.9 Å². The van der Waals surface area contributed by atoms with Crippen molar-refractivity contribution in [1.82, 2.24) is 0 Å². The summed E-state index contributed by atoms with van der Waals surface area (Å²) in [5.41, 5.74) is -0.0947. The van der Waals surface area contributed by atoms with Crippen LogP contribution in [0.4, 0.5) is 0 Å². The predicted octanol–water partition coefficient (Wildman–Crippen LogP) is 1.64. The summed E-state index contributed by atoms with van der Waals surface area (Å²) in [5.74, 6) is 6.32. The van der Waals surface area contributed by atoms with Gasteiger partial charge in [-0.25, -0.2) is 0 Å². The zero-order valence-corrected chi connectivity index (χ0v) is 11.6. The van der Waals surface area contributed by atoms with Crippen LogP contribution in [-0.4, -0.2) is 34.1 Å². The molecule has 2 rings (SSSR count). The largest absolute Gasteiger partial charge is 0.393 e. The summed E-state index contributed by atoms with van der Waals surface area (Å²) in [6, 6.07) is 0. The van der Waals surface area contributed by atoms with Crippen LogP contribution in [0.1, 0.15) is 40.5 Å². The van der Waals surface area contributed by atoms with Crippen molar-refractivity contribution in [2.24, 2.45) is 5.41 Å². The molecule has 2 N–H and O–H groups in total. The van der Waals surface area contributed by atoms with Crippen LogP contribution in [0.3, 0.4) is 0 Å². The number of hydrogen-bond donors (Lipinski definition) is 2. The van der Waals surface area contributed by atoms with Crippen molar-refractivity contribution in [3.05, 3.63) is 11.6 Å². The molecule has 1 aliphatic heterocycles. The number of epoxide rings is 1. The first-order valence-electron chi connectivity index (χ1n) is 6.45. The van der Waals surface area contributed by atoms with E-state index in [1.165, 1.54) is 0 Å². The van der Waals surface area contributed by atoms with Gasteiger partial charge in [0.25, 0.3) is 0 Å². The van der Waals surface area contributed by atoms with Crippen LogP contribution in [0.15, 0.2) is 11.6 Å². The number of aliphatic hydroxyl groups excluding tert-OH is 2. The van der Waals surface area contributed by atoms with Gasteiger partial charge in [-0.2, -0.15) is 0 Å². The SMILES string of the molecule is CC(C#CC12OC1(C)CC(O)CC2(C)C)=CCO. The van der Waals surface area contributed by atoms with Crippen molar-refractivity contribution in [3.8, 4) is 11.8 Å². The van der Waals surface area contributed by atoms with Crippen molar-refractivity contribution in [1.29, 1.82) is 0 Å². The second kappa shape index (κ2) is 4.09. The third-order valence-electron chi connectivity index (χ3n) is 4.24. The number of aliphatic hydroxyl groups is 2. The number of ether oxygens (including phenoxy) is 1. The number of allylic oxidation sites excluding steroid dienone is 1. The zero-order valence-electron chi connectivity index (χ0n) is 11.6. The van der Waals surface area contributed by atoms with Crippen LogP contribution in [0.5, 0.6) is 0 Å². The van der Waals surface area contributed by atoms with Crippen molar-refractivity contribution >= 4 is 0 Å². The first-order valence-corrected chi connectivity index (χ1v) is 6.45. The fourth-order valence-corrected chi connectivity index (χ4v) is 3.31. The smallest absolute Gasteiger partial charge is 0.163 e. The Kier molecular flexibility index (Phi) is 3.09. The van der Waals surface area contributed by atoms with Crippen molar-refractivity contribution in [2.75, 3.05) is 6.61 Å². The molecule has 3 heteroatoms. The van der Waals surface area contributed by atoms with E-state index in [0.29, 0.717) is 12.8 Å². The van der Waals surface area contributed by atoms with E-state index in [2.05, 4.69) is 25.7 Å². The highest BCUT2D eigenvalue weighted by Gasteiger charge is 2.75. The molecule has 3 unspecified atom stereocenters. The van der Waals surface area contributed by atoms with Crippen LogP contribution in [0, 0.1) is 17.3 Å². The summed E-state index contributed by atoms with van der Waals surface area (Å²) in [6.07, 6.45) is 2.73. The van der Waals surface area contributed by atoms with Crippen molar-refractivity contribution in [3.63, 3.8) is 0 Å². The fourth-order valence-electron chi connectivity index (χ4n) is 3.31. The quantitative estimate of drug-likeness (QED) is 0.549. The maximum absolute atomic E-state index is 9.91. The summed E-state index contributed by atoms with van der Waals surface area (Å²) < 4.78 is 5.94. The Balaban J connectivity index is 2.29. The Hall–Kier alpha value is -0.820. The molecule has 0 aromatic carbocycles. The number of fused-ring (bicyclic) bond motifs is 1. The maximum Gasteiger partial charge on any atom is 0.163 e. The standard InChI is InChI=1S/C15H22O3/c1-11(6-8-16)5-7-15-13(2,3)9-12(17)10-14(15,4)18-15/h6,12,16-17H,8-10H2,1-4H3. The monoisotopic (exact) mass is 250 g/mol. The minimum Gasteiger partial charge on any atom is -0.393 e. The summed E-state index contributed by atoms with van der Waals surface area (Å²) in [5, 5.41) is 18.7. The van der Waals surface area contributed by atoms with Gasteiger partial charge in [-0.15, -0.1) is 0 Å². The fraction of sp³-hybridized carbons (Fsp3) is 0.733. The second-order valence-electron chi connectivity index (χ2n) is 6.28. The average Bonchev–Trinajstić information content (AvgIpc) is 2.82. The molecule has 18 heavy (non-hydrogen) atoms. The highest BCUT2D eigenvalue weighted by molar-refractivity contribution is 5.42. The highest BCUT2D eigenvalue weighted by Crippen LogP contribution is 2.64. The van der Waals surface area contributed by atoms with Crippen molar-refractivity contribution in [2.45, 2.75) is 57.8 Å². The molecule has 0 aromatic rings. The molecule has 100 valence electrons. The molecule has 1 heterocycles. The molecule has 0 amide bonds. The molecule has 0 radical (unpaired) electrons. The lowest BCUT2D eigenvalue weighted by molar-refractivity contribution is 0.0542. The van der Waals surface area contributed by atoms with Gasteiger partial charge in [-0.3, -0.25) is 0 Å². The molecule has 2 aliphatic rings. The summed E-state index contributed by atoms with van der Waals surface area (Å²) in [6.45, 7) is 8.11. The van der Waals surface area contributed by atoms with Crippen LogP contribution in [0.25, 0.3) is 0 Å².